The van der Waals surface area contributed by atoms with E-state index in [1.807, 2.05) is 68.0 Å². The minimum atomic E-state index is -3.83. The molecule has 4 N–H and O–H groups in total. The number of aromatic nitrogens is 3. The van der Waals surface area contributed by atoms with Crippen LogP contribution in [0, 0.1) is 13.8 Å². The Labute approximate surface area is 241 Å². The fourth-order valence-electron chi connectivity index (χ4n) is 4.82. The number of sulfonamides is 1. The smallest absolute Gasteiger partial charge is 0.238 e. The van der Waals surface area contributed by atoms with Gasteiger partial charge in [0.15, 0.2) is 5.82 Å². The van der Waals surface area contributed by atoms with E-state index in [0.29, 0.717) is 30.5 Å². The van der Waals surface area contributed by atoms with Gasteiger partial charge in [0.2, 0.25) is 10.0 Å². The second kappa shape index (κ2) is 10.8. The average Bonchev–Trinajstić information content (AvgIpc) is 3.46. The van der Waals surface area contributed by atoms with E-state index in [4.69, 9.17) is 19.6 Å². The van der Waals surface area contributed by atoms with Crippen molar-refractivity contribution < 1.29 is 17.9 Å². The number of nitrogens with one attached hydrogen (secondary N) is 2. The van der Waals surface area contributed by atoms with E-state index in [0.717, 1.165) is 34.1 Å². The number of fused-ring (bicyclic) bond motifs is 1. The van der Waals surface area contributed by atoms with Crippen LogP contribution in [0.5, 0.6) is 5.75 Å². The number of anilines is 1. The lowest BCUT2D eigenvalue weighted by molar-refractivity contribution is 0.146. The van der Waals surface area contributed by atoms with Crippen LogP contribution in [0.2, 0.25) is 0 Å². The van der Waals surface area contributed by atoms with E-state index in [-0.39, 0.29) is 10.9 Å². The van der Waals surface area contributed by atoms with Crippen LogP contribution in [0.25, 0.3) is 17.1 Å². The number of rotatable bonds is 9. The molecule has 1 aliphatic rings. The van der Waals surface area contributed by atoms with Gasteiger partial charge in [-0.05, 0) is 69.3 Å². The second-order valence-electron chi connectivity index (χ2n) is 9.84. The van der Waals surface area contributed by atoms with Gasteiger partial charge in [-0.15, -0.1) is 0 Å². The van der Waals surface area contributed by atoms with Crippen LogP contribution in [-0.2, 0) is 14.8 Å². The third-order valence-corrected chi connectivity index (χ3v) is 8.39. The minimum Gasteiger partial charge on any atom is -0.491 e. The van der Waals surface area contributed by atoms with Crippen molar-refractivity contribution in [3.63, 3.8) is 0 Å². The van der Waals surface area contributed by atoms with Gasteiger partial charge < -0.3 is 24.3 Å². The summed E-state index contributed by atoms with van der Waals surface area (Å²) in [6.07, 6.45) is 1.85. The van der Waals surface area contributed by atoms with Crippen LogP contribution in [0.1, 0.15) is 30.0 Å². The van der Waals surface area contributed by atoms with Crippen LogP contribution >= 0.6 is 15.9 Å². The van der Waals surface area contributed by atoms with Crippen molar-refractivity contribution in [3.05, 3.63) is 71.7 Å². The zero-order valence-corrected chi connectivity index (χ0v) is 25.0. The molecule has 210 valence electrons. The molecule has 0 fully saturated rings. The van der Waals surface area contributed by atoms with Gasteiger partial charge in [0.1, 0.15) is 18.2 Å². The monoisotopic (exact) mass is 626 g/mol. The van der Waals surface area contributed by atoms with Crippen LogP contribution in [0.3, 0.4) is 0 Å². The first-order chi connectivity index (χ1) is 19.0. The Morgan fingerprint density at radius 1 is 1.15 bits per heavy atom. The molecule has 0 radical (unpaired) electrons. The number of benzene rings is 2. The molecule has 1 aliphatic heterocycles. The molecule has 0 spiro atoms. The Morgan fingerprint density at radius 2 is 1.90 bits per heavy atom. The largest absolute Gasteiger partial charge is 0.491 e. The van der Waals surface area contributed by atoms with Gasteiger partial charge in [0.05, 0.1) is 27.6 Å². The van der Waals surface area contributed by atoms with Gasteiger partial charge in [-0.1, -0.05) is 22.0 Å². The summed E-state index contributed by atoms with van der Waals surface area (Å²) >= 11 is 3.83. The predicted molar refractivity (Wildman–Crippen MR) is 160 cm³/mol. The third kappa shape index (κ3) is 5.57. The number of nitrogens with zero attached hydrogens (tertiary/aromatic N) is 3. The summed E-state index contributed by atoms with van der Waals surface area (Å²) in [6, 6.07) is 16.2. The number of aromatic amines is 1. The average molecular weight is 628 g/mol. The van der Waals surface area contributed by atoms with Crippen LogP contribution in [-0.4, -0.2) is 53.8 Å². The van der Waals surface area contributed by atoms with E-state index < -0.39 is 14.3 Å². The first-order valence-electron chi connectivity index (χ1n) is 12.6. The molecule has 5 rings (SSSR count). The number of ether oxygens (including phenoxy) is 2. The van der Waals surface area contributed by atoms with Crippen LogP contribution in [0.4, 0.5) is 11.5 Å². The number of hydrogen-bond acceptors (Lipinski definition) is 7. The lowest BCUT2D eigenvalue weighted by Crippen LogP contribution is -2.35. The summed E-state index contributed by atoms with van der Waals surface area (Å²) in [6.45, 7) is 6.99. The van der Waals surface area contributed by atoms with E-state index in [9.17, 15) is 8.42 Å². The predicted octanol–water partition coefficient (Wildman–Crippen LogP) is 5.18. The normalized spacial score (nSPS) is 18.5. The number of methoxy groups -OCH3 is 1. The second-order valence-corrected chi connectivity index (χ2v) is 13.1. The maximum atomic E-state index is 11.9. The van der Waals surface area contributed by atoms with Crippen molar-refractivity contribution in [1.29, 1.82) is 0 Å². The highest BCUT2D eigenvalue weighted by Gasteiger charge is 2.38. The number of H-pyrrole nitrogens is 1. The highest BCUT2D eigenvalue weighted by molar-refractivity contribution is 9.10. The van der Waals surface area contributed by atoms with Gasteiger partial charge in [0.25, 0.3) is 0 Å². The Balaban J connectivity index is 1.46. The van der Waals surface area contributed by atoms with Gasteiger partial charge in [-0.25, -0.2) is 23.5 Å². The number of aliphatic imine (C=N–C) groups is 1. The highest BCUT2D eigenvalue weighted by atomic mass is 79.9. The summed E-state index contributed by atoms with van der Waals surface area (Å²) in [5.41, 5.74) is 5.16. The summed E-state index contributed by atoms with van der Waals surface area (Å²) in [5, 5.41) is 8.97. The molecule has 40 heavy (non-hydrogen) atoms. The fraction of sp³-hybridized carbons (Fsp3) is 0.286. The van der Waals surface area contributed by atoms with Crippen molar-refractivity contribution in [3.8, 4) is 22.8 Å². The lowest BCUT2D eigenvalue weighted by atomic mass is 9.97. The number of aryl methyl sites for hydroxylation is 1. The molecule has 0 bridgehead atoms. The third-order valence-electron chi connectivity index (χ3n) is 6.82. The SMILES string of the molecule is COCCOc1ccc(NC2c3[nH]c(-c4cc(C)n(-c5cccc(S(N)(=O)=O)c5)c4C)nc3N=CC2(C)Br)cc1. The van der Waals surface area contributed by atoms with Crippen LogP contribution in [0.15, 0.2) is 64.5 Å². The maximum Gasteiger partial charge on any atom is 0.238 e. The van der Waals surface area contributed by atoms with Gasteiger partial charge in [-0.3, -0.25) is 0 Å². The molecule has 2 atom stereocenters. The first kappa shape index (κ1) is 28.1. The molecule has 12 heteroatoms. The van der Waals surface area contributed by atoms with Crippen molar-refractivity contribution in [2.75, 3.05) is 25.6 Å². The summed E-state index contributed by atoms with van der Waals surface area (Å²) in [5.74, 6) is 2.04. The zero-order valence-electron chi connectivity index (χ0n) is 22.6. The number of imidazole rings is 1. The molecule has 3 heterocycles. The molecular weight excluding hydrogens is 596 g/mol. The molecular formula is C28H31BrN6O4S. The van der Waals surface area contributed by atoms with Crippen molar-refractivity contribution in [2.24, 2.45) is 10.1 Å². The van der Waals surface area contributed by atoms with E-state index in [1.54, 1.807) is 19.2 Å². The van der Waals surface area contributed by atoms with Gasteiger partial charge in [-0.2, -0.15) is 0 Å². The quantitative estimate of drug-likeness (QED) is 0.173. The molecule has 0 saturated carbocycles. The fourth-order valence-corrected chi connectivity index (χ4v) is 5.82. The van der Waals surface area contributed by atoms with Gasteiger partial charge >= 0.3 is 0 Å². The minimum absolute atomic E-state index is 0.0574. The zero-order chi connectivity index (χ0) is 28.7. The van der Waals surface area contributed by atoms with Crippen molar-refractivity contribution in [2.45, 2.75) is 36.0 Å². The van der Waals surface area contributed by atoms with Crippen molar-refractivity contribution in [1.82, 2.24) is 14.5 Å². The van der Waals surface area contributed by atoms with Gasteiger partial charge in [0, 0.05) is 41.7 Å². The summed E-state index contributed by atoms with van der Waals surface area (Å²) < 4.78 is 36.1. The number of halogens is 1. The van der Waals surface area contributed by atoms with E-state index in [2.05, 4.69) is 31.2 Å². The molecule has 2 aromatic carbocycles. The Kier molecular flexibility index (Phi) is 7.62. The van der Waals surface area contributed by atoms with E-state index >= 15 is 0 Å². The van der Waals surface area contributed by atoms with E-state index in [1.165, 1.54) is 6.07 Å². The number of nitrogens with two attached hydrogens (primary N) is 1. The Bertz CT molecular complexity index is 1680. The lowest BCUT2D eigenvalue weighted by Gasteiger charge is -2.32. The molecule has 0 amide bonds. The molecule has 0 saturated heterocycles. The molecule has 10 nitrogen and oxygen atoms in total. The maximum absolute atomic E-state index is 11.9. The standard InChI is InChI=1S/C28H31BrN6O4S/c1-17-14-23(18(2)35(17)20-6-5-7-22(15-20)40(30,36)37)26-33-24-25(28(3,29)16-31-27(24)34-26)32-19-8-10-21(11-9-19)39-13-12-38-4/h5-11,14-16,25,32H,12-13H2,1-4H3,(H,33,34)(H2,30,36,37). The number of primary sulfonamides is 1. The molecule has 4 aromatic rings. The highest BCUT2D eigenvalue weighted by Crippen LogP contribution is 2.43. The van der Waals surface area contributed by atoms with Crippen LogP contribution < -0.4 is 15.2 Å². The van der Waals surface area contributed by atoms with Crippen molar-refractivity contribution >= 4 is 43.7 Å². The number of alkyl halides is 1. The molecule has 0 aliphatic carbocycles. The summed E-state index contributed by atoms with van der Waals surface area (Å²) in [4.78, 5) is 13.0. The topological polar surface area (TPSA) is 137 Å². The Hall–Kier alpha value is -3.45. The molecule has 2 aromatic heterocycles. The summed E-state index contributed by atoms with van der Waals surface area (Å²) in [7, 11) is -2.19. The number of hydrogen-bond donors (Lipinski definition) is 3. The first-order valence-corrected chi connectivity index (χ1v) is 15.0. The Morgan fingerprint density at radius 3 is 2.60 bits per heavy atom. The molecule has 2 unspecified atom stereocenters.